The first-order valence-corrected chi connectivity index (χ1v) is 5.51. The molecule has 0 unspecified atom stereocenters. The molecule has 0 saturated heterocycles. The number of rotatable bonds is 5. The second kappa shape index (κ2) is 4.97. The smallest absolute Gasteiger partial charge is 0.304 e. The molecule has 2 aromatic rings. The topological polar surface area (TPSA) is 67.2 Å². The Morgan fingerprint density at radius 1 is 1.47 bits per heavy atom. The zero-order chi connectivity index (χ0) is 12.3. The van der Waals surface area contributed by atoms with Gasteiger partial charge in [0.2, 0.25) is 0 Å². The van der Waals surface area contributed by atoms with Crippen LogP contribution >= 0.6 is 0 Å². The molecule has 0 bridgehead atoms. The highest BCUT2D eigenvalue weighted by atomic mass is 16.4. The number of nitrogens with one attached hydrogen (secondary N) is 1. The number of carbonyl (C=O) groups is 1. The van der Waals surface area contributed by atoms with Crippen LogP contribution in [-0.4, -0.2) is 27.4 Å². The van der Waals surface area contributed by atoms with Crippen molar-refractivity contribution in [1.82, 2.24) is 15.1 Å². The lowest BCUT2D eigenvalue weighted by Gasteiger charge is -2.00. The Morgan fingerprint density at radius 2 is 2.24 bits per heavy atom. The summed E-state index contributed by atoms with van der Waals surface area (Å²) in [6, 6.07) is 8.00. The zero-order valence-corrected chi connectivity index (χ0v) is 9.68. The van der Waals surface area contributed by atoms with Gasteiger partial charge in [-0.05, 0) is 6.07 Å². The molecular formula is C12H15N3O2. The number of aliphatic carboxylic acids is 1. The Morgan fingerprint density at radius 3 is 3.00 bits per heavy atom. The van der Waals surface area contributed by atoms with Crippen molar-refractivity contribution in [2.45, 2.75) is 13.0 Å². The quantitative estimate of drug-likeness (QED) is 0.760. The summed E-state index contributed by atoms with van der Waals surface area (Å²) in [7, 11) is 1.91. The lowest BCUT2D eigenvalue weighted by atomic mass is 10.2. The van der Waals surface area contributed by atoms with Gasteiger partial charge in [0.15, 0.2) is 0 Å². The van der Waals surface area contributed by atoms with Gasteiger partial charge in [-0.2, -0.15) is 5.10 Å². The first-order chi connectivity index (χ1) is 8.18. The largest absolute Gasteiger partial charge is 0.481 e. The van der Waals surface area contributed by atoms with Gasteiger partial charge in [0.05, 0.1) is 17.6 Å². The molecule has 5 heteroatoms. The Kier molecular flexibility index (Phi) is 3.39. The van der Waals surface area contributed by atoms with Gasteiger partial charge in [-0.15, -0.1) is 0 Å². The number of hydrogen-bond acceptors (Lipinski definition) is 3. The van der Waals surface area contributed by atoms with E-state index in [0.717, 1.165) is 16.6 Å². The highest BCUT2D eigenvalue weighted by Gasteiger charge is 2.07. The minimum atomic E-state index is -0.789. The van der Waals surface area contributed by atoms with Crippen molar-refractivity contribution >= 4 is 16.9 Å². The molecule has 17 heavy (non-hydrogen) atoms. The summed E-state index contributed by atoms with van der Waals surface area (Å²) in [5.41, 5.74) is 2.04. The molecule has 0 aliphatic heterocycles. The molecule has 0 aliphatic carbocycles. The molecule has 0 saturated carbocycles. The van der Waals surface area contributed by atoms with Crippen LogP contribution < -0.4 is 5.32 Å². The maximum Gasteiger partial charge on any atom is 0.304 e. The third-order valence-electron chi connectivity index (χ3n) is 2.64. The lowest BCUT2D eigenvalue weighted by Crippen LogP contribution is -2.18. The van der Waals surface area contributed by atoms with Crippen LogP contribution in [0.25, 0.3) is 10.9 Å². The number of benzene rings is 1. The van der Waals surface area contributed by atoms with E-state index in [4.69, 9.17) is 5.11 Å². The van der Waals surface area contributed by atoms with Gasteiger partial charge in [0, 0.05) is 25.5 Å². The molecule has 1 aromatic carbocycles. The van der Waals surface area contributed by atoms with Crippen molar-refractivity contribution in [3.8, 4) is 0 Å². The average Bonchev–Trinajstić information content (AvgIpc) is 2.63. The predicted octanol–water partition coefficient (Wildman–Crippen LogP) is 1.14. The molecule has 90 valence electrons. The summed E-state index contributed by atoms with van der Waals surface area (Å²) in [5.74, 6) is -0.789. The van der Waals surface area contributed by atoms with Crippen LogP contribution in [0.2, 0.25) is 0 Å². The molecule has 0 spiro atoms. The Labute approximate surface area is 99.1 Å². The van der Waals surface area contributed by atoms with Crippen LogP contribution in [0.4, 0.5) is 0 Å². The van der Waals surface area contributed by atoms with E-state index in [0.29, 0.717) is 13.1 Å². The van der Waals surface area contributed by atoms with Crippen LogP contribution in [0.3, 0.4) is 0 Å². The van der Waals surface area contributed by atoms with E-state index >= 15 is 0 Å². The minimum Gasteiger partial charge on any atom is -0.481 e. The number of para-hydroxylation sites is 1. The second-order valence-corrected chi connectivity index (χ2v) is 3.91. The fraction of sp³-hybridized carbons (Fsp3) is 0.333. The Balaban J connectivity index is 2.06. The van der Waals surface area contributed by atoms with E-state index in [-0.39, 0.29) is 6.42 Å². The summed E-state index contributed by atoms with van der Waals surface area (Å²) < 4.78 is 1.84. The van der Waals surface area contributed by atoms with Crippen LogP contribution in [0, 0.1) is 0 Å². The number of carboxylic acids is 1. The van der Waals surface area contributed by atoms with Crippen LogP contribution in [0.1, 0.15) is 12.1 Å². The van der Waals surface area contributed by atoms with E-state index in [9.17, 15) is 4.79 Å². The highest BCUT2D eigenvalue weighted by Crippen LogP contribution is 2.16. The van der Waals surface area contributed by atoms with Gasteiger partial charge in [-0.3, -0.25) is 9.48 Å². The summed E-state index contributed by atoms with van der Waals surface area (Å²) >= 11 is 0. The van der Waals surface area contributed by atoms with Crippen molar-refractivity contribution in [2.24, 2.45) is 7.05 Å². The molecule has 0 fully saturated rings. The molecule has 0 atom stereocenters. The van der Waals surface area contributed by atoms with Crippen LogP contribution in [0.5, 0.6) is 0 Å². The average molecular weight is 233 g/mol. The van der Waals surface area contributed by atoms with Gasteiger partial charge in [0.1, 0.15) is 0 Å². The third kappa shape index (κ3) is 2.62. The number of aromatic nitrogens is 2. The van der Waals surface area contributed by atoms with Gasteiger partial charge in [-0.25, -0.2) is 0 Å². The summed E-state index contributed by atoms with van der Waals surface area (Å²) in [6.07, 6.45) is 0.130. The van der Waals surface area contributed by atoms with Gasteiger partial charge >= 0.3 is 5.97 Å². The molecule has 1 aromatic heterocycles. The summed E-state index contributed by atoms with van der Waals surface area (Å²) in [5, 5.41) is 17.1. The van der Waals surface area contributed by atoms with E-state index in [2.05, 4.69) is 10.4 Å². The molecule has 2 N–H and O–H groups in total. The van der Waals surface area contributed by atoms with Crippen molar-refractivity contribution < 1.29 is 9.90 Å². The summed E-state index contributed by atoms with van der Waals surface area (Å²) in [6.45, 7) is 1.05. The minimum absolute atomic E-state index is 0.130. The zero-order valence-electron chi connectivity index (χ0n) is 9.68. The molecule has 5 nitrogen and oxygen atoms in total. The Hall–Kier alpha value is -1.88. The first kappa shape index (κ1) is 11.6. The first-order valence-electron chi connectivity index (χ1n) is 5.51. The predicted molar refractivity (Wildman–Crippen MR) is 64.7 cm³/mol. The van der Waals surface area contributed by atoms with E-state index < -0.39 is 5.97 Å². The van der Waals surface area contributed by atoms with E-state index in [1.807, 2.05) is 36.0 Å². The monoisotopic (exact) mass is 233 g/mol. The normalized spacial score (nSPS) is 10.9. The van der Waals surface area contributed by atoms with E-state index in [1.165, 1.54) is 0 Å². The van der Waals surface area contributed by atoms with Gasteiger partial charge in [-0.1, -0.05) is 18.2 Å². The van der Waals surface area contributed by atoms with Gasteiger partial charge in [0.25, 0.3) is 0 Å². The maximum atomic E-state index is 10.4. The lowest BCUT2D eigenvalue weighted by molar-refractivity contribution is -0.136. The fourth-order valence-electron chi connectivity index (χ4n) is 1.82. The standard InChI is InChI=1S/C12H15N3O2/c1-15-11-5-3-2-4-9(11)10(14-15)8-13-7-6-12(16)17/h2-5,13H,6-8H2,1H3,(H,16,17). The number of hydrogen-bond donors (Lipinski definition) is 2. The number of aryl methyl sites for hydroxylation is 1. The SMILES string of the molecule is Cn1nc(CNCCC(=O)O)c2ccccc21. The maximum absolute atomic E-state index is 10.4. The van der Waals surface area contributed by atoms with Gasteiger partial charge < -0.3 is 10.4 Å². The van der Waals surface area contributed by atoms with Crippen LogP contribution in [0.15, 0.2) is 24.3 Å². The van der Waals surface area contributed by atoms with Crippen molar-refractivity contribution in [1.29, 1.82) is 0 Å². The molecular weight excluding hydrogens is 218 g/mol. The number of nitrogens with zero attached hydrogens (tertiary/aromatic N) is 2. The molecule has 0 radical (unpaired) electrons. The van der Waals surface area contributed by atoms with E-state index in [1.54, 1.807) is 0 Å². The number of fused-ring (bicyclic) bond motifs is 1. The highest BCUT2D eigenvalue weighted by molar-refractivity contribution is 5.81. The van der Waals surface area contributed by atoms with Crippen molar-refractivity contribution in [3.63, 3.8) is 0 Å². The molecule has 0 amide bonds. The third-order valence-corrected chi connectivity index (χ3v) is 2.64. The fourth-order valence-corrected chi connectivity index (χ4v) is 1.82. The molecule has 1 heterocycles. The van der Waals surface area contributed by atoms with Crippen molar-refractivity contribution in [2.75, 3.05) is 6.54 Å². The summed E-state index contributed by atoms with van der Waals surface area (Å²) in [4.78, 5) is 10.4. The molecule has 0 aliphatic rings. The second-order valence-electron chi connectivity index (χ2n) is 3.91. The van der Waals surface area contributed by atoms with Crippen molar-refractivity contribution in [3.05, 3.63) is 30.0 Å². The van der Waals surface area contributed by atoms with Crippen LogP contribution in [-0.2, 0) is 18.4 Å². The number of carboxylic acid groups (broad SMARTS) is 1. The molecule has 2 rings (SSSR count). The Bertz CT molecular complexity index is 534.